The van der Waals surface area contributed by atoms with Gasteiger partial charge in [-0.05, 0) is 37.7 Å². The molecule has 156 valence electrons. The summed E-state index contributed by atoms with van der Waals surface area (Å²) in [5, 5.41) is 12.8. The zero-order valence-corrected chi connectivity index (χ0v) is 17.4. The SMILES string of the molecule is CNC[C@@H]1Oc2ncc(-c3ccc(OC)cc3)cc2C(=O)N([C@@H](C)CO)C[C@@H]1C. The van der Waals surface area contributed by atoms with Crippen LogP contribution in [-0.2, 0) is 0 Å². The lowest BCUT2D eigenvalue weighted by Gasteiger charge is -2.36. The summed E-state index contributed by atoms with van der Waals surface area (Å²) >= 11 is 0. The van der Waals surface area contributed by atoms with E-state index in [9.17, 15) is 9.90 Å². The molecule has 1 amide bonds. The van der Waals surface area contributed by atoms with Crippen molar-refractivity contribution in [2.24, 2.45) is 5.92 Å². The van der Waals surface area contributed by atoms with E-state index < -0.39 is 0 Å². The van der Waals surface area contributed by atoms with Gasteiger partial charge in [0, 0.05) is 30.8 Å². The number of aliphatic hydroxyl groups is 1. The minimum Gasteiger partial charge on any atom is -0.497 e. The van der Waals surface area contributed by atoms with Crippen molar-refractivity contribution in [1.29, 1.82) is 0 Å². The van der Waals surface area contributed by atoms with Crippen molar-refractivity contribution in [2.45, 2.75) is 26.0 Å². The van der Waals surface area contributed by atoms with Crippen molar-refractivity contribution in [3.8, 4) is 22.8 Å². The predicted molar refractivity (Wildman–Crippen MR) is 111 cm³/mol. The van der Waals surface area contributed by atoms with E-state index in [0.29, 0.717) is 24.5 Å². The van der Waals surface area contributed by atoms with Gasteiger partial charge in [-0.3, -0.25) is 4.79 Å². The van der Waals surface area contributed by atoms with Crippen LogP contribution in [0.5, 0.6) is 11.6 Å². The molecule has 2 heterocycles. The molecule has 29 heavy (non-hydrogen) atoms. The van der Waals surface area contributed by atoms with Crippen LogP contribution in [0.1, 0.15) is 24.2 Å². The molecule has 3 rings (SSSR count). The maximum Gasteiger partial charge on any atom is 0.259 e. The maximum absolute atomic E-state index is 13.3. The molecule has 0 unspecified atom stereocenters. The molecule has 7 nitrogen and oxygen atoms in total. The second-order valence-corrected chi connectivity index (χ2v) is 7.49. The lowest BCUT2D eigenvalue weighted by atomic mass is 9.99. The number of benzene rings is 1. The van der Waals surface area contributed by atoms with Crippen molar-refractivity contribution in [1.82, 2.24) is 15.2 Å². The molecule has 0 saturated heterocycles. The highest BCUT2D eigenvalue weighted by molar-refractivity contribution is 5.98. The van der Waals surface area contributed by atoms with Gasteiger partial charge in [0.2, 0.25) is 5.88 Å². The number of hydrogen-bond acceptors (Lipinski definition) is 6. The number of carbonyl (C=O) groups is 1. The molecule has 1 aromatic heterocycles. The van der Waals surface area contributed by atoms with E-state index in [2.05, 4.69) is 10.3 Å². The molecule has 3 atom stereocenters. The molecule has 0 aliphatic carbocycles. The smallest absolute Gasteiger partial charge is 0.259 e. The molecule has 1 aromatic carbocycles. The van der Waals surface area contributed by atoms with Gasteiger partial charge in [0.25, 0.3) is 5.91 Å². The Morgan fingerprint density at radius 1 is 1.34 bits per heavy atom. The highest BCUT2D eigenvalue weighted by atomic mass is 16.5. The third-order valence-corrected chi connectivity index (χ3v) is 5.35. The van der Waals surface area contributed by atoms with Gasteiger partial charge in [-0.15, -0.1) is 0 Å². The van der Waals surface area contributed by atoms with Crippen LogP contribution in [0, 0.1) is 5.92 Å². The van der Waals surface area contributed by atoms with E-state index in [1.54, 1.807) is 18.2 Å². The van der Waals surface area contributed by atoms with Crippen LogP contribution in [0.15, 0.2) is 36.5 Å². The molecule has 1 aliphatic rings. The predicted octanol–water partition coefficient (Wildman–Crippen LogP) is 2.20. The van der Waals surface area contributed by atoms with Gasteiger partial charge in [-0.1, -0.05) is 19.1 Å². The first-order valence-electron chi connectivity index (χ1n) is 9.86. The average molecular weight is 399 g/mol. The summed E-state index contributed by atoms with van der Waals surface area (Å²) in [6.45, 7) is 4.93. The number of hydrogen-bond donors (Lipinski definition) is 2. The second-order valence-electron chi connectivity index (χ2n) is 7.49. The molecule has 2 N–H and O–H groups in total. The Morgan fingerprint density at radius 3 is 2.69 bits per heavy atom. The van der Waals surface area contributed by atoms with Crippen molar-refractivity contribution in [2.75, 3.05) is 33.9 Å². The number of aliphatic hydroxyl groups excluding tert-OH is 1. The molecule has 0 fully saturated rings. The molecule has 0 bridgehead atoms. The minimum atomic E-state index is -0.296. The lowest BCUT2D eigenvalue weighted by molar-refractivity contribution is 0.0404. The maximum atomic E-state index is 13.3. The van der Waals surface area contributed by atoms with Crippen molar-refractivity contribution in [3.05, 3.63) is 42.1 Å². The van der Waals surface area contributed by atoms with Crippen LogP contribution < -0.4 is 14.8 Å². The van der Waals surface area contributed by atoms with Crippen LogP contribution in [0.3, 0.4) is 0 Å². The third kappa shape index (κ3) is 4.52. The quantitative estimate of drug-likeness (QED) is 0.775. The number of pyridine rings is 1. The van der Waals surface area contributed by atoms with E-state index >= 15 is 0 Å². The van der Waals surface area contributed by atoms with E-state index in [1.165, 1.54) is 0 Å². The number of aromatic nitrogens is 1. The number of rotatable bonds is 6. The zero-order valence-electron chi connectivity index (χ0n) is 17.4. The van der Waals surface area contributed by atoms with E-state index in [1.807, 2.05) is 51.2 Å². The Bertz CT molecular complexity index is 840. The summed E-state index contributed by atoms with van der Waals surface area (Å²) in [6.07, 6.45) is 1.58. The fourth-order valence-electron chi connectivity index (χ4n) is 3.49. The van der Waals surface area contributed by atoms with E-state index in [-0.39, 0.29) is 30.6 Å². The number of nitrogens with zero attached hydrogens (tertiary/aromatic N) is 2. The molecule has 2 aromatic rings. The van der Waals surface area contributed by atoms with Crippen LogP contribution >= 0.6 is 0 Å². The number of likely N-dealkylation sites (N-methyl/N-ethyl adjacent to an activating group) is 1. The average Bonchev–Trinajstić information content (AvgIpc) is 2.75. The van der Waals surface area contributed by atoms with Crippen LogP contribution in [-0.4, -0.2) is 66.9 Å². The molecule has 0 radical (unpaired) electrons. The molecular weight excluding hydrogens is 370 g/mol. The van der Waals surface area contributed by atoms with Crippen LogP contribution in [0.2, 0.25) is 0 Å². The van der Waals surface area contributed by atoms with Gasteiger partial charge in [0.1, 0.15) is 17.4 Å². The Hall–Kier alpha value is -2.64. The molecule has 1 aliphatic heterocycles. The number of carbonyl (C=O) groups excluding carboxylic acids is 1. The number of nitrogens with one attached hydrogen (secondary N) is 1. The Balaban J connectivity index is 2.04. The third-order valence-electron chi connectivity index (χ3n) is 5.35. The van der Waals surface area contributed by atoms with Crippen LogP contribution in [0.4, 0.5) is 0 Å². The summed E-state index contributed by atoms with van der Waals surface area (Å²) in [7, 11) is 3.49. The number of fused-ring (bicyclic) bond motifs is 1. The first kappa shape index (κ1) is 21.1. The summed E-state index contributed by atoms with van der Waals surface area (Å²) < 4.78 is 11.4. The Morgan fingerprint density at radius 2 is 2.07 bits per heavy atom. The van der Waals surface area contributed by atoms with Crippen molar-refractivity contribution in [3.63, 3.8) is 0 Å². The summed E-state index contributed by atoms with van der Waals surface area (Å²) in [5.74, 6) is 0.990. The lowest BCUT2D eigenvalue weighted by Crippen LogP contribution is -2.49. The number of methoxy groups -OCH3 is 1. The first-order chi connectivity index (χ1) is 14.0. The molecule has 0 spiro atoms. The fraction of sp³-hybridized carbons (Fsp3) is 0.455. The van der Waals surface area contributed by atoms with E-state index in [0.717, 1.165) is 16.9 Å². The molecule has 0 saturated carbocycles. The minimum absolute atomic E-state index is 0.0802. The number of ether oxygens (including phenoxy) is 2. The van der Waals surface area contributed by atoms with Gasteiger partial charge < -0.3 is 24.8 Å². The van der Waals surface area contributed by atoms with Crippen molar-refractivity contribution < 1.29 is 19.4 Å². The fourth-order valence-corrected chi connectivity index (χ4v) is 3.49. The Labute approximate surface area is 171 Å². The summed E-state index contributed by atoms with van der Waals surface area (Å²) in [4.78, 5) is 19.5. The standard InChI is InChI=1S/C22H29N3O4/c1-14-12-25(15(2)13-26)22(27)19-9-17(16-5-7-18(28-4)8-6-16)10-24-21(19)29-20(14)11-23-3/h5-10,14-15,20,23,26H,11-13H2,1-4H3/t14-,15-,20-/m0/s1. The first-order valence-corrected chi connectivity index (χ1v) is 9.86. The van der Waals surface area contributed by atoms with Gasteiger partial charge in [-0.25, -0.2) is 4.98 Å². The second kappa shape index (κ2) is 9.24. The monoisotopic (exact) mass is 399 g/mol. The van der Waals surface area contributed by atoms with Gasteiger partial charge >= 0.3 is 0 Å². The summed E-state index contributed by atoms with van der Waals surface area (Å²) in [5.41, 5.74) is 2.16. The zero-order chi connectivity index (χ0) is 21.0. The van der Waals surface area contributed by atoms with Crippen molar-refractivity contribution >= 4 is 5.91 Å². The topological polar surface area (TPSA) is 83.9 Å². The van der Waals surface area contributed by atoms with E-state index in [4.69, 9.17) is 9.47 Å². The van der Waals surface area contributed by atoms with Gasteiger partial charge in [0.05, 0.1) is 19.8 Å². The van der Waals surface area contributed by atoms with Crippen LogP contribution in [0.25, 0.3) is 11.1 Å². The summed E-state index contributed by atoms with van der Waals surface area (Å²) in [6, 6.07) is 9.11. The number of amides is 1. The normalized spacial score (nSPS) is 20.3. The molecule has 7 heteroatoms. The Kier molecular flexibility index (Phi) is 6.71. The van der Waals surface area contributed by atoms with Gasteiger partial charge in [0.15, 0.2) is 0 Å². The largest absolute Gasteiger partial charge is 0.497 e. The molecular formula is C22H29N3O4. The highest BCUT2D eigenvalue weighted by Crippen LogP contribution is 2.30. The highest BCUT2D eigenvalue weighted by Gasteiger charge is 2.33. The van der Waals surface area contributed by atoms with Gasteiger partial charge in [-0.2, -0.15) is 0 Å².